The van der Waals surface area contributed by atoms with Crippen LogP contribution in [0.25, 0.3) is 0 Å². The van der Waals surface area contributed by atoms with Crippen LogP contribution in [0.3, 0.4) is 0 Å². The summed E-state index contributed by atoms with van der Waals surface area (Å²) < 4.78 is 0. The summed E-state index contributed by atoms with van der Waals surface area (Å²) in [4.78, 5) is 12.7. The van der Waals surface area contributed by atoms with E-state index in [1.54, 1.807) is 0 Å². The molecule has 1 aliphatic heterocycles. The van der Waals surface area contributed by atoms with Crippen molar-refractivity contribution in [1.29, 1.82) is 0 Å². The molecule has 1 saturated heterocycles. The van der Waals surface area contributed by atoms with Crippen LogP contribution in [-0.2, 0) is 4.79 Å². The predicted molar refractivity (Wildman–Crippen MR) is 51.5 cm³/mol. The molecule has 0 amide bonds. The van der Waals surface area contributed by atoms with E-state index in [-0.39, 0.29) is 6.04 Å². The second kappa shape index (κ2) is 5.35. The Morgan fingerprint density at radius 1 is 1.54 bits per heavy atom. The minimum atomic E-state index is 0.0649. The van der Waals surface area contributed by atoms with Crippen LogP contribution in [-0.4, -0.2) is 42.0 Å². The zero-order valence-corrected chi connectivity index (χ0v) is 8.28. The Morgan fingerprint density at radius 3 is 2.62 bits per heavy atom. The van der Waals surface area contributed by atoms with Gasteiger partial charge in [-0.25, -0.2) is 0 Å². The van der Waals surface area contributed by atoms with Crippen molar-refractivity contribution in [3.63, 3.8) is 0 Å². The van der Waals surface area contributed by atoms with Crippen LogP contribution < -0.4 is 0 Å². The zero-order valence-electron chi connectivity index (χ0n) is 8.28. The van der Waals surface area contributed by atoms with Gasteiger partial charge in [0.05, 0.1) is 6.04 Å². The highest BCUT2D eigenvalue weighted by Crippen LogP contribution is 2.20. The second-order valence-electron chi connectivity index (χ2n) is 3.87. The van der Waals surface area contributed by atoms with E-state index in [2.05, 4.69) is 4.90 Å². The third kappa shape index (κ3) is 3.08. The molecule has 1 fully saturated rings. The average Bonchev–Trinajstić information content (AvgIpc) is 2.18. The molecule has 1 unspecified atom stereocenters. The van der Waals surface area contributed by atoms with Gasteiger partial charge in [-0.1, -0.05) is 0 Å². The van der Waals surface area contributed by atoms with Gasteiger partial charge in [0.1, 0.15) is 6.29 Å². The number of aliphatic hydroxyl groups is 1. The number of carbonyl (C=O) groups is 1. The Kier molecular flexibility index (Phi) is 4.39. The topological polar surface area (TPSA) is 40.5 Å². The van der Waals surface area contributed by atoms with Crippen LogP contribution in [0.1, 0.15) is 26.2 Å². The third-order valence-corrected chi connectivity index (χ3v) is 2.96. The normalized spacial score (nSPS) is 22.9. The van der Waals surface area contributed by atoms with Gasteiger partial charge in [-0.3, -0.25) is 4.90 Å². The maximum absolute atomic E-state index is 10.5. The number of hydrogen-bond acceptors (Lipinski definition) is 3. The number of nitrogens with zero attached hydrogens (tertiary/aromatic N) is 1. The van der Waals surface area contributed by atoms with Crippen LogP contribution in [0.2, 0.25) is 0 Å². The first-order valence-corrected chi connectivity index (χ1v) is 5.08. The molecular weight excluding hydrogens is 166 g/mol. The monoisotopic (exact) mass is 185 g/mol. The van der Waals surface area contributed by atoms with Gasteiger partial charge in [0.2, 0.25) is 0 Å². The predicted octanol–water partition coefficient (Wildman–Crippen LogP) is 0.668. The molecule has 0 radical (unpaired) electrons. The van der Waals surface area contributed by atoms with Gasteiger partial charge in [-0.15, -0.1) is 0 Å². The summed E-state index contributed by atoms with van der Waals surface area (Å²) in [5.41, 5.74) is 0. The van der Waals surface area contributed by atoms with Crippen molar-refractivity contribution in [1.82, 2.24) is 4.90 Å². The number of aldehydes is 1. The highest BCUT2D eigenvalue weighted by molar-refractivity contribution is 5.56. The quantitative estimate of drug-likeness (QED) is 0.654. The number of carbonyl (C=O) groups excluding carboxylic acids is 1. The van der Waals surface area contributed by atoms with Crippen LogP contribution >= 0.6 is 0 Å². The van der Waals surface area contributed by atoms with Crippen molar-refractivity contribution >= 4 is 6.29 Å². The van der Waals surface area contributed by atoms with Crippen molar-refractivity contribution in [3.8, 4) is 0 Å². The maximum Gasteiger partial charge on any atom is 0.136 e. The fraction of sp³-hybridized carbons (Fsp3) is 0.900. The molecule has 1 N–H and O–H groups in total. The molecule has 0 aromatic heterocycles. The molecule has 0 bridgehead atoms. The highest BCUT2D eigenvalue weighted by Gasteiger charge is 2.21. The molecule has 0 aromatic carbocycles. The first-order valence-electron chi connectivity index (χ1n) is 5.08. The summed E-state index contributed by atoms with van der Waals surface area (Å²) in [7, 11) is 0. The molecule has 0 aromatic rings. The van der Waals surface area contributed by atoms with Gasteiger partial charge in [-0.05, 0) is 45.2 Å². The molecule has 1 atom stereocenters. The van der Waals surface area contributed by atoms with Crippen molar-refractivity contribution in [3.05, 3.63) is 0 Å². The SMILES string of the molecule is CC(C=O)N1CCC(CCO)CC1. The lowest BCUT2D eigenvalue weighted by Crippen LogP contribution is -2.40. The van der Waals surface area contributed by atoms with Gasteiger partial charge in [-0.2, -0.15) is 0 Å². The Balaban J connectivity index is 2.26. The lowest BCUT2D eigenvalue weighted by Gasteiger charge is -2.33. The molecule has 76 valence electrons. The van der Waals surface area contributed by atoms with E-state index < -0.39 is 0 Å². The molecule has 0 saturated carbocycles. The van der Waals surface area contributed by atoms with Crippen molar-refractivity contribution in [2.24, 2.45) is 5.92 Å². The van der Waals surface area contributed by atoms with Crippen molar-refractivity contribution < 1.29 is 9.90 Å². The summed E-state index contributed by atoms with van der Waals surface area (Å²) in [5.74, 6) is 0.667. The summed E-state index contributed by atoms with van der Waals surface area (Å²) in [6.45, 7) is 4.25. The first-order chi connectivity index (χ1) is 6.27. The fourth-order valence-corrected chi connectivity index (χ4v) is 1.92. The zero-order chi connectivity index (χ0) is 9.68. The van der Waals surface area contributed by atoms with Gasteiger partial charge in [0.15, 0.2) is 0 Å². The minimum Gasteiger partial charge on any atom is -0.396 e. The largest absolute Gasteiger partial charge is 0.396 e. The molecule has 1 rings (SSSR count). The summed E-state index contributed by atoms with van der Waals surface area (Å²) in [5, 5.41) is 8.77. The van der Waals surface area contributed by atoms with E-state index in [0.29, 0.717) is 12.5 Å². The number of aliphatic hydroxyl groups excluding tert-OH is 1. The summed E-state index contributed by atoms with van der Waals surface area (Å²) >= 11 is 0. The third-order valence-electron chi connectivity index (χ3n) is 2.96. The molecule has 1 heterocycles. The molecule has 0 spiro atoms. The van der Waals surface area contributed by atoms with Gasteiger partial charge in [0.25, 0.3) is 0 Å². The van der Waals surface area contributed by atoms with E-state index in [1.165, 1.54) is 0 Å². The maximum atomic E-state index is 10.5. The Labute approximate surface area is 79.7 Å². The van der Waals surface area contributed by atoms with Gasteiger partial charge < -0.3 is 9.90 Å². The van der Waals surface area contributed by atoms with Crippen molar-refractivity contribution in [2.45, 2.75) is 32.2 Å². The molecule has 1 aliphatic rings. The average molecular weight is 185 g/mol. The molecule has 3 heteroatoms. The van der Waals surface area contributed by atoms with E-state index in [0.717, 1.165) is 38.6 Å². The molecular formula is C10H19NO2. The Morgan fingerprint density at radius 2 is 2.15 bits per heavy atom. The molecule has 0 aliphatic carbocycles. The van der Waals surface area contributed by atoms with E-state index >= 15 is 0 Å². The van der Waals surface area contributed by atoms with E-state index in [4.69, 9.17) is 5.11 Å². The Hall–Kier alpha value is -0.410. The number of piperidine rings is 1. The number of likely N-dealkylation sites (tertiary alicyclic amines) is 1. The van der Waals surface area contributed by atoms with Crippen LogP contribution in [0, 0.1) is 5.92 Å². The van der Waals surface area contributed by atoms with Gasteiger partial charge in [0, 0.05) is 6.61 Å². The lowest BCUT2D eigenvalue weighted by atomic mass is 9.93. The van der Waals surface area contributed by atoms with Crippen LogP contribution in [0.4, 0.5) is 0 Å². The number of hydrogen-bond donors (Lipinski definition) is 1. The first kappa shape index (κ1) is 10.7. The number of rotatable bonds is 4. The minimum absolute atomic E-state index is 0.0649. The second-order valence-corrected chi connectivity index (χ2v) is 3.87. The molecule has 3 nitrogen and oxygen atoms in total. The van der Waals surface area contributed by atoms with Crippen LogP contribution in [0.15, 0.2) is 0 Å². The van der Waals surface area contributed by atoms with Crippen molar-refractivity contribution in [2.75, 3.05) is 19.7 Å². The van der Waals surface area contributed by atoms with Crippen LogP contribution in [0.5, 0.6) is 0 Å². The fourth-order valence-electron chi connectivity index (χ4n) is 1.92. The van der Waals surface area contributed by atoms with Gasteiger partial charge >= 0.3 is 0 Å². The van der Waals surface area contributed by atoms with E-state index in [9.17, 15) is 4.79 Å². The summed E-state index contributed by atoms with van der Waals surface area (Å²) in [6.07, 6.45) is 4.17. The lowest BCUT2D eigenvalue weighted by molar-refractivity contribution is -0.112. The molecule has 13 heavy (non-hydrogen) atoms. The summed E-state index contributed by atoms with van der Waals surface area (Å²) in [6, 6.07) is 0.0649. The standard InChI is InChI=1S/C10H19NO2/c1-9(8-13)11-5-2-10(3-6-11)4-7-12/h8-10,12H,2-7H2,1H3. The Bertz CT molecular complexity index is 153. The smallest absolute Gasteiger partial charge is 0.136 e. The highest BCUT2D eigenvalue weighted by atomic mass is 16.3. The van der Waals surface area contributed by atoms with E-state index in [1.807, 2.05) is 6.92 Å².